The van der Waals surface area contributed by atoms with E-state index < -0.39 is 0 Å². The summed E-state index contributed by atoms with van der Waals surface area (Å²) in [6, 6.07) is 16.3. The fourth-order valence-corrected chi connectivity index (χ4v) is 4.28. The van der Waals surface area contributed by atoms with Crippen LogP contribution in [-0.4, -0.2) is 5.11 Å². The lowest BCUT2D eigenvalue weighted by atomic mass is 10.1. The van der Waals surface area contributed by atoms with Gasteiger partial charge in [-0.15, -0.1) is 23.1 Å². The zero-order valence-corrected chi connectivity index (χ0v) is 12.9. The molecule has 3 heteroatoms. The van der Waals surface area contributed by atoms with Crippen LogP contribution in [0, 0.1) is 0 Å². The molecule has 0 fully saturated rings. The van der Waals surface area contributed by atoms with Gasteiger partial charge < -0.3 is 5.11 Å². The Hall–Kier alpha value is -1.45. The number of aromatic hydroxyl groups is 1. The topological polar surface area (TPSA) is 20.2 Å². The van der Waals surface area contributed by atoms with Crippen LogP contribution in [-0.2, 0) is 12.2 Å². The fourth-order valence-electron chi connectivity index (χ4n) is 2.22. The molecule has 0 radical (unpaired) electrons. The molecule has 0 atom stereocenters. The number of thiophene rings is 1. The summed E-state index contributed by atoms with van der Waals surface area (Å²) < 4.78 is 0. The molecule has 0 spiro atoms. The second-order valence-corrected chi connectivity index (χ2v) is 6.91. The largest absolute Gasteiger partial charge is 0.507 e. The minimum absolute atomic E-state index is 0.356. The quantitative estimate of drug-likeness (QED) is 0.645. The van der Waals surface area contributed by atoms with Gasteiger partial charge in [-0.25, -0.2) is 0 Å². The van der Waals surface area contributed by atoms with Gasteiger partial charge in [0.15, 0.2) is 0 Å². The Morgan fingerprint density at radius 1 is 0.950 bits per heavy atom. The number of benzene rings is 2. The highest BCUT2D eigenvalue weighted by molar-refractivity contribution is 7.98. The molecule has 0 amide bonds. The predicted molar refractivity (Wildman–Crippen MR) is 88.9 cm³/mol. The van der Waals surface area contributed by atoms with E-state index in [2.05, 4.69) is 25.1 Å². The minimum Gasteiger partial charge on any atom is -0.507 e. The summed E-state index contributed by atoms with van der Waals surface area (Å²) in [5, 5.41) is 12.0. The van der Waals surface area contributed by atoms with Gasteiger partial charge >= 0.3 is 0 Å². The van der Waals surface area contributed by atoms with Crippen molar-refractivity contribution in [3.8, 4) is 5.75 Å². The number of rotatable bonds is 4. The van der Waals surface area contributed by atoms with Crippen LogP contribution >= 0.6 is 23.1 Å². The Morgan fingerprint density at radius 3 is 2.45 bits per heavy atom. The molecule has 102 valence electrons. The Kier molecular flexibility index (Phi) is 3.99. The average Bonchev–Trinajstić information content (AvgIpc) is 2.95. The van der Waals surface area contributed by atoms with Crippen molar-refractivity contribution < 1.29 is 5.11 Å². The third-order valence-corrected chi connectivity index (χ3v) is 5.83. The molecule has 0 saturated carbocycles. The Morgan fingerprint density at radius 2 is 1.70 bits per heavy atom. The number of fused-ring (bicyclic) bond motifs is 1. The lowest BCUT2D eigenvalue weighted by molar-refractivity contribution is 0.481. The van der Waals surface area contributed by atoms with Crippen molar-refractivity contribution in [2.75, 3.05) is 0 Å². The number of thioether (sulfide) groups is 1. The highest BCUT2D eigenvalue weighted by Gasteiger charge is 2.06. The summed E-state index contributed by atoms with van der Waals surface area (Å²) in [6.07, 6.45) is 1.11. The van der Waals surface area contributed by atoms with Gasteiger partial charge in [0.2, 0.25) is 0 Å². The van der Waals surface area contributed by atoms with E-state index in [1.807, 2.05) is 47.4 Å². The first-order chi connectivity index (χ1) is 9.78. The third kappa shape index (κ3) is 2.69. The van der Waals surface area contributed by atoms with Crippen molar-refractivity contribution in [3.05, 3.63) is 58.3 Å². The molecule has 0 unspecified atom stereocenters. The van der Waals surface area contributed by atoms with E-state index >= 15 is 0 Å². The third-order valence-electron chi connectivity index (χ3n) is 3.30. The summed E-state index contributed by atoms with van der Waals surface area (Å²) in [4.78, 5) is 4.07. The Bertz CT molecular complexity index is 731. The lowest BCUT2D eigenvalue weighted by Crippen LogP contribution is -1.80. The van der Waals surface area contributed by atoms with Gasteiger partial charge in [0.25, 0.3) is 0 Å². The fraction of sp³-hybridized carbons (Fsp3) is 0.176. The number of hydrogen-bond acceptors (Lipinski definition) is 3. The van der Waals surface area contributed by atoms with Crippen molar-refractivity contribution in [3.63, 3.8) is 0 Å². The van der Waals surface area contributed by atoms with E-state index in [1.54, 1.807) is 6.07 Å². The summed E-state index contributed by atoms with van der Waals surface area (Å²) in [5.41, 5.74) is 0. The maximum Gasteiger partial charge on any atom is 0.123 e. The average molecular weight is 300 g/mol. The van der Waals surface area contributed by atoms with E-state index in [-0.39, 0.29) is 0 Å². The second kappa shape index (κ2) is 5.90. The van der Waals surface area contributed by atoms with Gasteiger partial charge in [0, 0.05) is 25.8 Å². The van der Waals surface area contributed by atoms with Crippen LogP contribution in [0.1, 0.15) is 16.7 Å². The molecule has 20 heavy (non-hydrogen) atoms. The SMILES string of the molecule is CCc1ccc(CSc2ccc(O)c3ccccc23)s1. The van der Waals surface area contributed by atoms with Crippen LogP contribution in [0.3, 0.4) is 0 Å². The van der Waals surface area contributed by atoms with E-state index in [4.69, 9.17) is 0 Å². The van der Waals surface area contributed by atoms with Crippen molar-refractivity contribution in [1.29, 1.82) is 0 Å². The summed E-state index contributed by atoms with van der Waals surface area (Å²) >= 11 is 3.73. The molecular formula is C17H16OS2. The van der Waals surface area contributed by atoms with Gasteiger partial charge in [-0.2, -0.15) is 0 Å². The Balaban J connectivity index is 1.86. The molecule has 1 heterocycles. The van der Waals surface area contributed by atoms with E-state index in [0.29, 0.717) is 5.75 Å². The van der Waals surface area contributed by atoms with Gasteiger partial charge in [-0.3, -0.25) is 0 Å². The van der Waals surface area contributed by atoms with Crippen LogP contribution in [0.5, 0.6) is 5.75 Å². The summed E-state index contributed by atoms with van der Waals surface area (Å²) in [5.74, 6) is 1.34. The molecule has 3 aromatic rings. The number of hydrogen-bond donors (Lipinski definition) is 1. The van der Waals surface area contributed by atoms with E-state index in [9.17, 15) is 5.11 Å². The van der Waals surface area contributed by atoms with Gasteiger partial charge in [0.1, 0.15) is 5.75 Å². The van der Waals surface area contributed by atoms with Crippen LogP contribution in [0.25, 0.3) is 10.8 Å². The number of phenolic OH excluding ortho intramolecular Hbond substituents is 1. The first-order valence-corrected chi connectivity index (χ1v) is 8.49. The van der Waals surface area contributed by atoms with Gasteiger partial charge in [-0.1, -0.05) is 31.2 Å². The first-order valence-electron chi connectivity index (χ1n) is 6.69. The van der Waals surface area contributed by atoms with Crippen molar-refractivity contribution >= 4 is 33.9 Å². The maximum absolute atomic E-state index is 9.91. The van der Waals surface area contributed by atoms with E-state index in [1.165, 1.54) is 14.6 Å². The van der Waals surface area contributed by atoms with Crippen molar-refractivity contribution in [2.45, 2.75) is 24.0 Å². The molecule has 2 aromatic carbocycles. The predicted octanol–water partition coefficient (Wildman–Crippen LogP) is 5.46. The highest BCUT2D eigenvalue weighted by Crippen LogP contribution is 2.35. The summed E-state index contributed by atoms with van der Waals surface area (Å²) in [7, 11) is 0. The van der Waals surface area contributed by atoms with Crippen LogP contribution < -0.4 is 0 Å². The molecule has 0 aliphatic rings. The molecule has 0 bridgehead atoms. The van der Waals surface area contributed by atoms with Crippen molar-refractivity contribution in [2.24, 2.45) is 0 Å². The normalized spacial score (nSPS) is 11.1. The van der Waals surface area contributed by atoms with Crippen LogP contribution in [0.15, 0.2) is 53.4 Å². The number of phenols is 1. The molecule has 3 rings (SSSR count). The first kappa shape index (κ1) is 13.5. The number of aryl methyl sites for hydroxylation is 1. The Labute approximate surface area is 127 Å². The van der Waals surface area contributed by atoms with Crippen molar-refractivity contribution in [1.82, 2.24) is 0 Å². The molecule has 0 saturated heterocycles. The molecule has 0 aliphatic carbocycles. The van der Waals surface area contributed by atoms with E-state index in [0.717, 1.165) is 22.9 Å². The second-order valence-electron chi connectivity index (χ2n) is 4.64. The molecule has 1 nitrogen and oxygen atoms in total. The lowest BCUT2D eigenvalue weighted by Gasteiger charge is -2.07. The molecular weight excluding hydrogens is 284 g/mol. The monoisotopic (exact) mass is 300 g/mol. The standard InChI is InChI=1S/C17H16OS2/c1-2-12-7-8-13(20-12)11-19-17-10-9-16(18)14-5-3-4-6-15(14)17/h3-10,18H,2,11H2,1H3. The van der Waals surface area contributed by atoms with Gasteiger partial charge in [-0.05, 0) is 36.1 Å². The molecule has 1 N–H and O–H groups in total. The van der Waals surface area contributed by atoms with Crippen LogP contribution in [0.2, 0.25) is 0 Å². The molecule has 1 aromatic heterocycles. The zero-order chi connectivity index (χ0) is 13.9. The minimum atomic E-state index is 0.356. The highest BCUT2D eigenvalue weighted by atomic mass is 32.2. The maximum atomic E-state index is 9.91. The molecule has 0 aliphatic heterocycles. The summed E-state index contributed by atoms with van der Waals surface area (Å²) in [6.45, 7) is 2.19. The van der Waals surface area contributed by atoms with Crippen LogP contribution in [0.4, 0.5) is 0 Å². The zero-order valence-electron chi connectivity index (χ0n) is 11.3. The smallest absolute Gasteiger partial charge is 0.123 e. The van der Waals surface area contributed by atoms with Gasteiger partial charge in [0.05, 0.1) is 0 Å².